The van der Waals surface area contributed by atoms with Gasteiger partial charge < -0.3 is 20.9 Å². The first-order valence-electron chi connectivity index (χ1n) is 9.82. The molecule has 2 aromatic rings. The maximum Gasteiger partial charge on any atom is 0.224 e. The van der Waals surface area contributed by atoms with Gasteiger partial charge in [0.25, 0.3) is 0 Å². The number of aromatic nitrogens is 2. The molecule has 0 unspecified atom stereocenters. The molecule has 1 aromatic carbocycles. The highest BCUT2D eigenvalue weighted by molar-refractivity contribution is 7.80. The Morgan fingerprint density at radius 2 is 1.79 bits per heavy atom. The van der Waals surface area contributed by atoms with Gasteiger partial charge in [-0.05, 0) is 69.4 Å². The van der Waals surface area contributed by atoms with E-state index in [2.05, 4.69) is 58.0 Å². The fourth-order valence-corrected chi connectivity index (χ4v) is 3.81. The van der Waals surface area contributed by atoms with Crippen molar-refractivity contribution in [3.8, 4) is 0 Å². The summed E-state index contributed by atoms with van der Waals surface area (Å²) in [6.07, 6.45) is 6.08. The van der Waals surface area contributed by atoms with Gasteiger partial charge in [-0.3, -0.25) is 0 Å². The van der Waals surface area contributed by atoms with Crippen molar-refractivity contribution in [2.45, 2.75) is 51.6 Å². The molecule has 7 heteroatoms. The minimum absolute atomic E-state index is 0.399. The number of thiocarbonyl (C=S) groups is 1. The third-order valence-corrected chi connectivity index (χ3v) is 5.34. The largest absolute Gasteiger partial charge is 0.363 e. The summed E-state index contributed by atoms with van der Waals surface area (Å²) in [5.41, 5.74) is 3.53. The molecule has 1 aliphatic carbocycles. The van der Waals surface area contributed by atoms with Crippen molar-refractivity contribution in [1.29, 1.82) is 0 Å². The molecule has 0 bridgehead atoms. The lowest BCUT2D eigenvalue weighted by Crippen LogP contribution is -2.42. The van der Waals surface area contributed by atoms with E-state index in [-0.39, 0.29) is 0 Å². The maximum atomic E-state index is 5.52. The summed E-state index contributed by atoms with van der Waals surface area (Å²) in [7, 11) is 3.97. The minimum Gasteiger partial charge on any atom is -0.363 e. The Morgan fingerprint density at radius 3 is 2.46 bits per heavy atom. The minimum atomic E-state index is 0.399. The highest BCUT2D eigenvalue weighted by atomic mass is 32.1. The molecule has 1 aromatic heterocycles. The second-order valence-corrected chi connectivity index (χ2v) is 8.15. The molecule has 28 heavy (non-hydrogen) atoms. The maximum absolute atomic E-state index is 5.52. The third-order valence-electron chi connectivity index (χ3n) is 5.12. The zero-order valence-corrected chi connectivity index (χ0v) is 17.9. The molecule has 3 rings (SSSR count). The van der Waals surface area contributed by atoms with Crippen molar-refractivity contribution in [2.75, 3.05) is 29.6 Å². The van der Waals surface area contributed by atoms with Gasteiger partial charge in [0.1, 0.15) is 5.82 Å². The van der Waals surface area contributed by atoms with Crippen LogP contribution in [0.15, 0.2) is 30.5 Å². The van der Waals surface area contributed by atoms with Gasteiger partial charge >= 0.3 is 0 Å². The molecule has 0 aliphatic heterocycles. The van der Waals surface area contributed by atoms with E-state index in [0.717, 1.165) is 37.2 Å². The van der Waals surface area contributed by atoms with Crippen LogP contribution in [-0.2, 0) is 0 Å². The first-order chi connectivity index (χ1) is 13.4. The van der Waals surface area contributed by atoms with Crippen LogP contribution in [0.4, 0.5) is 17.5 Å². The number of hydrogen-bond acceptors (Lipinski definition) is 5. The molecule has 6 nitrogen and oxygen atoms in total. The smallest absolute Gasteiger partial charge is 0.224 e. The molecular weight excluding hydrogens is 368 g/mol. The highest BCUT2D eigenvalue weighted by Gasteiger charge is 2.22. The second kappa shape index (κ2) is 9.19. The predicted octanol–water partition coefficient (Wildman–Crippen LogP) is 3.87. The highest BCUT2D eigenvalue weighted by Crippen LogP contribution is 2.22. The van der Waals surface area contributed by atoms with Crippen LogP contribution in [0.25, 0.3) is 0 Å². The van der Waals surface area contributed by atoms with Crippen LogP contribution >= 0.6 is 12.2 Å². The fourth-order valence-electron chi connectivity index (χ4n) is 3.53. The Hall–Kier alpha value is -2.41. The summed E-state index contributed by atoms with van der Waals surface area (Å²) in [5, 5.41) is 11.0. The van der Waals surface area contributed by atoms with E-state index in [1.807, 2.05) is 25.1 Å². The summed E-state index contributed by atoms with van der Waals surface area (Å²) in [5.74, 6) is 1.62. The Morgan fingerprint density at radius 1 is 1.07 bits per heavy atom. The number of anilines is 3. The third kappa shape index (κ3) is 5.55. The van der Waals surface area contributed by atoms with Crippen LogP contribution in [0.5, 0.6) is 0 Å². The SMILES string of the molecule is Cc1ccc(NC(=S)NC2CCC(Nc3nccc(N(C)C)n3)CC2)c(C)c1. The Balaban J connectivity index is 1.46. The zero-order chi connectivity index (χ0) is 20.1. The molecule has 1 aliphatic rings. The van der Waals surface area contributed by atoms with Crippen molar-refractivity contribution in [2.24, 2.45) is 0 Å². The number of benzene rings is 1. The van der Waals surface area contributed by atoms with Gasteiger partial charge in [0.05, 0.1) is 0 Å². The van der Waals surface area contributed by atoms with Crippen LogP contribution in [0.2, 0.25) is 0 Å². The van der Waals surface area contributed by atoms with Crippen LogP contribution in [0.1, 0.15) is 36.8 Å². The molecule has 3 N–H and O–H groups in total. The van der Waals surface area contributed by atoms with Gasteiger partial charge in [-0.2, -0.15) is 4.98 Å². The van der Waals surface area contributed by atoms with Crippen LogP contribution in [-0.4, -0.2) is 41.3 Å². The number of hydrogen-bond donors (Lipinski definition) is 3. The standard InChI is InChI=1S/C21H30N6S/c1-14-5-10-18(15(2)13-14)25-21(28)24-17-8-6-16(7-9-17)23-20-22-12-11-19(26-20)27(3)4/h5,10-13,16-17H,6-9H2,1-4H3,(H,22,23,26)(H2,24,25,28). The van der Waals surface area contributed by atoms with Gasteiger partial charge in [0, 0.05) is 38.1 Å². The quantitative estimate of drug-likeness (QED) is 0.661. The normalized spacial score (nSPS) is 19.0. The molecule has 0 radical (unpaired) electrons. The predicted molar refractivity (Wildman–Crippen MR) is 121 cm³/mol. The Labute approximate surface area is 173 Å². The fraction of sp³-hybridized carbons (Fsp3) is 0.476. The summed E-state index contributed by atoms with van der Waals surface area (Å²) in [4.78, 5) is 10.9. The van der Waals surface area contributed by atoms with Crippen molar-refractivity contribution < 1.29 is 0 Å². The zero-order valence-electron chi connectivity index (χ0n) is 17.1. The molecule has 0 atom stereocenters. The Kier molecular flexibility index (Phi) is 6.67. The van der Waals surface area contributed by atoms with E-state index in [1.165, 1.54) is 11.1 Å². The van der Waals surface area contributed by atoms with Crippen molar-refractivity contribution in [3.05, 3.63) is 41.6 Å². The number of nitrogens with one attached hydrogen (secondary N) is 3. The van der Waals surface area contributed by atoms with Gasteiger partial charge in [0.15, 0.2) is 5.11 Å². The summed E-state index contributed by atoms with van der Waals surface area (Å²) in [6.45, 7) is 4.20. The van der Waals surface area contributed by atoms with Gasteiger partial charge in [0.2, 0.25) is 5.95 Å². The van der Waals surface area contributed by atoms with E-state index in [4.69, 9.17) is 12.2 Å². The molecule has 1 fully saturated rings. The van der Waals surface area contributed by atoms with Crippen LogP contribution < -0.4 is 20.9 Å². The average molecular weight is 399 g/mol. The molecule has 0 amide bonds. The lowest BCUT2D eigenvalue weighted by atomic mass is 9.91. The molecule has 0 spiro atoms. The van der Waals surface area contributed by atoms with E-state index in [1.54, 1.807) is 6.20 Å². The molecular formula is C21H30N6S. The number of aryl methyl sites for hydroxylation is 2. The number of nitrogens with zero attached hydrogens (tertiary/aromatic N) is 3. The molecule has 0 saturated heterocycles. The molecule has 1 heterocycles. The van der Waals surface area contributed by atoms with E-state index in [0.29, 0.717) is 23.1 Å². The summed E-state index contributed by atoms with van der Waals surface area (Å²) < 4.78 is 0. The monoisotopic (exact) mass is 398 g/mol. The first kappa shape index (κ1) is 20.3. The van der Waals surface area contributed by atoms with E-state index < -0.39 is 0 Å². The van der Waals surface area contributed by atoms with Crippen LogP contribution in [0.3, 0.4) is 0 Å². The number of rotatable bonds is 5. The average Bonchev–Trinajstić information content (AvgIpc) is 2.66. The van der Waals surface area contributed by atoms with Crippen molar-refractivity contribution in [1.82, 2.24) is 15.3 Å². The van der Waals surface area contributed by atoms with E-state index >= 15 is 0 Å². The first-order valence-corrected chi connectivity index (χ1v) is 10.2. The molecule has 1 saturated carbocycles. The van der Waals surface area contributed by atoms with Gasteiger partial charge in [-0.1, -0.05) is 17.7 Å². The topological polar surface area (TPSA) is 65.1 Å². The van der Waals surface area contributed by atoms with Gasteiger partial charge in [-0.15, -0.1) is 0 Å². The lowest BCUT2D eigenvalue weighted by molar-refractivity contribution is 0.387. The van der Waals surface area contributed by atoms with Gasteiger partial charge in [-0.25, -0.2) is 4.98 Å². The van der Waals surface area contributed by atoms with Crippen molar-refractivity contribution in [3.63, 3.8) is 0 Å². The van der Waals surface area contributed by atoms with E-state index in [9.17, 15) is 0 Å². The second-order valence-electron chi connectivity index (χ2n) is 7.74. The lowest BCUT2D eigenvalue weighted by Gasteiger charge is -2.30. The van der Waals surface area contributed by atoms with Crippen molar-refractivity contribution >= 4 is 34.8 Å². The summed E-state index contributed by atoms with van der Waals surface area (Å²) >= 11 is 5.52. The molecule has 150 valence electrons. The summed E-state index contributed by atoms with van der Waals surface area (Å²) in [6, 6.07) is 9.06. The Bertz CT molecular complexity index is 814. The van der Waals surface area contributed by atoms with Crippen LogP contribution in [0, 0.1) is 13.8 Å².